The van der Waals surface area contributed by atoms with Crippen molar-refractivity contribution in [3.63, 3.8) is 0 Å². The predicted molar refractivity (Wildman–Crippen MR) is 212 cm³/mol. The van der Waals surface area contributed by atoms with E-state index in [2.05, 4.69) is 197 Å². The van der Waals surface area contributed by atoms with Crippen molar-refractivity contribution in [3.8, 4) is 0 Å². The number of hydrogen-bond acceptors (Lipinski definition) is 2. The van der Waals surface area contributed by atoms with E-state index in [4.69, 9.17) is 0 Å². The minimum atomic E-state index is -0.0718. The molecule has 49 heavy (non-hydrogen) atoms. The molecule has 6 aromatic carbocycles. The van der Waals surface area contributed by atoms with Gasteiger partial charge in [-0.2, -0.15) is 0 Å². The van der Waals surface area contributed by atoms with Crippen molar-refractivity contribution in [2.24, 2.45) is 0 Å². The molecule has 0 atom stereocenters. The van der Waals surface area contributed by atoms with E-state index < -0.39 is 0 Å². The molecule has 2 nitrogen and oxygen atoms in total. The Balaban J connectivity index is 1.40. The van der Waals surface area contributed by atoms with E-state index in [1.165, 1.54) is 44.8 Å². The zero-order chi connectivity index (χ0) is 34.4. The highest BCUT2D eigenvalue weighted by molar-refractivity contribution is 5.78. The van der Waals surface area contributed by atoms with Gasteiger partial charge in [-0.25, -0.2) is 0 Å². The lowest BCUT2D eigenvalue weighted by Gasteiger charge is -2.36. The summed E-state index contributed by atoms with van der Waals surface area (Å²) in [6, 6.07) is 54.2. The van der Waals surface area contributed by atoms with Crippen LogP contribution in [-0.2, 0) is 5.41 Å². The second kappa shape index (κ2) is 15.0. The fraction of sp³-hybridized carbons (Fsp3) is 0.234. The van der Waals surface area contributed by atoms with E-state index in [0.717, 1.165) is 48.4 Å². The Labute approximate surface area is 294 Å². The quantitative estimate of drug-likeness (QED) is 0.131. The fourth-order valence-corrected chi connectivity index (χ4v) is 7.25. The van der Waals surface area contributed by atoms with Gasteiger partial charge in [0.25, 0.3) is 0 Å². The van der Waals surface area contributed by atoms with Gasteiger partial charge in [0.05, 0.1) is 0 Å². The van der Waals surface area contributed by atoms with E-state index >= 15 is 0 Å². The average molecular weight is 643 g/mol. The number of nitrogens with zero attached hydrogens (tertiary/aromatic N) is 2. The SMILES string of the molecule is CCCC(CCC)(c1ccc(N(c2ccc(C)cc2)c2ccc(C)cc2)cc1)c1ccc(N(c2ccc(C)cc2)c2ccc(C)cc2)cc1. The first-order valence-corrected chi connectivity index (χ1v) is 17.9. The van der Waals surface area contributed by atoms with Crippen LogP contribution in [0.3, 0.4) is 0 Å². The monoisotopic (exact) mass is 642 g/mol. The molecular formula is C47H50N2. The molecule has 0 aliphatic carbocycles. The molecule has 0 bridgehead atoms. The number of hydrogen-bond donors (Lipinski definition) is 0. The molecular weight excluding hydrogens is 593 g/mol. The van der Waals surface area contributed by atoms with Crippen LogP contribution < -0.4 is 9.80 Å². The number of anilines is 6. The molecule has 0 fully saturated rings. The summed E-state index contributed by atoms with van der Waals surface area (Å²) in [4.78, 5) is 4.73. The normalized spacial score (nSPS) is 11.4. The van der Waals surface area contributed by atoms with E-state index in [0.29, 0.717) is 0 Å². The minimum absolute atomic E-state index is 0.0718. The van der Waals surface area contributed by atoms with Crippen LogP contribution >= 0.6 is 0 Å². The Kier molecular flexibility index (Phi) is 10.3. The van der Waals surface area contributed by atoms with Crippen molar-refractivity contribution in [1.82, 2.24) is 0 Å². The second-order valence-corrected chi connectivity index (χ2v) is 13.7. The second-order valence-electron chi connectivity index (χ2n) is 13.7. The molecule has 0 spiro atoms. The van der Waals surface area contributed by atoms with Gasteiger partial charge in [-0.3, -0.25) is 0 Å². The van der Waals surface area contributed by atoms with Gasteiger partial charge in [0.1, 0.15) is 0 Å². The lowest BCUT2D eigenvalue weighted by molar-refractivity contribution is 0.426. The Hall–Kier alpha value is -5.08. The van der Waals surface area contributed by atoms with Crippen molar-refractivity contribution in [1.29, 1.82) is 0 Å². The first kappa shape index (κ1) is 33.8. The Morgan fingerprint density at radius 1 is 0.327 bits per heavy atom. The van der Waals surface area contributed by atoms with Crippen LogP contribution in [0.2, 0.25) is 0 Å². The number of aryl methyl sites for hydroxylation is 4. The largest absolute Gasteiger partial charge is 0.311 e. The van der Waals surface area contributed by atoms with Crippen LogP contribution in [0.4, 0.5) is 34.1 Å². The maximum absolute atomic E-state index is 2.38. The van der Waals surface area contributed by atoms with Gasteiger partial charge >= 0.3 is 0 Å². The van der Waals surface area contributed by atoms with Gasteiger partial charge in [0, 0.05) is 39.5 Å². The molecule has 6 aromatic rings. The van der Waals surface area contributed by atoms with Crippen LogP contribution in [0, 0.1) is 27.7 Å². The van der Waals surface area contributed by atoms with E-state index in [1.54, 1.807) is 0 Å². The zero-order valence-corrected chi connectivity index (χ0v) is 30.1. The zero-order valence-electron chi connectivity index (χ0n) is 30.1. The molecule has 0 saturated heterocycles. The van der Waals surface area contributed by atoms with Crippen molar-refractivity contribution in [3.05, 3.63) is 179 Å². The lowest BCUT2D eigenvalue weighted by Crippen LogP contribution is -2.28. The summed E-state index contributed by atoms with van der Waals surface area (Å²) in [6.45, 7) is 13.2. The highest BCUT2D eigenvalue weighted by Crippen LogP contribution is 2.44. The molecule has 0 aliphatic rings. The van der Waals surface area contributed by atoms with Crippen molar-refractivity contribution < 1.29 is 0 Å². The number of rotatable bonds is 12. The molecule has 0 radical (unpaired) electrons. The molecule has 0 saturated carbocycles. The van der Waals surface area contributed by atoms with Crippen LogP contribution in [-0.4, -0.2) is 0 Å². The Morgan fingerprint density at radius 3 is 0.735 bits per heavy atom. The third kappa shape index (κ3) is 7.34. The standard InChI is InChI=1S/C47H50N2/c1-7-33-47(34-8-2,39-17-29-45(30-18-39)48(41-21-9-35(3)10-22-41)42-23-11-36(4)12-24-42)40-19-31-46(32-20-40)49(43-25-13-37(5)14-26-43)44-27-15-38(6)16-28-44/h9-32H,7-8,33-34H2,1-6H3. The minimum Gasteiger partial charge on any atom is -0.311 e. The maximum atomic E-state index is 2.38. The van der Waals surface area contributed by atoms with Gasteiger partial charge in [0.2, 0.25) is 0 Å². The van der Waals surface area contributed by atoms with Gasteiger partial charge in [0.15, 0.2) is 0 Å². The fourth-order valence-electron chi connectivity index (χ4n) is 7.25. The summed E-state index contributed by atoms with van der Waals surface area (Å²) in [6.07, 6.45) is 4.42. The van der Waals surface area contributed by atoms with Crippen LogP contribution in [0.1, 0.15) is 72.9 Å². The van der Waals surface area contributed by atoms with Crippen molar-refractivity contribution in [2.75, 3.05) is 9.80 Å². The summed E-state index contributed by atoms with van der Waals surface area (Å²) in [5.41, 5.74) is 14.7. The molecule has 0 amide bonds. The topological polar surface area (TPSA) is 6.48 Å². The van der Waals surface area contributed by atoms with E-state index in [9.17, 15) is 0 Å². The van der Waals surface area contributed by atoms with Gasteiger partial charge < -0.3 is 9.80 Å². The summed E-state index contributed by atoms with van der Waals surface area (Å²) < 4.78 is 0. The first-order valence-electron chi connectivity index (χ1n) is 17.9. The van der Waals surface area contributed by atoms with Gasteiger partial charge in [-0.05, 0) is 124 Å². The highest BCUT2D eigenvalue weighted by Gasteiger charge is 2.33. The van der Waals surface area contributed by atoms with Crippen molar-refractivity contribution in [2.45, 2.75) is 72.6 Å². The molecule has 0 heterocycles. The molecule has 0 aromatic heterocycles. The van der Waals surface area contributed by atoms with E-state index in [1.807, 2.05) is 0 Å². The molecule has 248 valence electrons. The molecule has 0 aliphatic heterocycles. The molecule has 0 N–H and O–H groups in total. The van der Waals surface area contributed by atoms with Gasteiger partial charge in [-0.1, -0.05) is 122 Å². The molecule has 6 rings (SSSR count). The average Bonchev–Trinajstić information content (AvgIpc) is 3.12. The highest BCUT2D eigenvalue weighted by atomic mass is 15.1. The third-order valence-electron chi connectivity index (χ3n) is 9.88. The third-order valence-corrected chi connectivity index (χ3v) is 9.88. The Morgan fingerprint density at radius 2 is 0.531 bits per heavy atom. The predicted octanol–water partition coefficient (Wildman–Crippen LogP) is 13.7. The maximum Gasteiger partial charge on any atom is 0.0461 e. The molecule has 0 unspecified atom stereocenters. The van der Waals surface area contributed by atoms with Crippen LogP contribution in [0.25, 0.3) is 0 Å². The smallest absolute Gasteiger partial charge is 0.0461 e. The van der Waals surface area contributed by atoms with Crippen molar-refractivity contribution >= 4 is 34.1 Å². The lowest BCUT2D eigenvalue weighted by atomic mass is 9.68. The number of benzene rings is 6. The summed E-state index contributed by atoms with van der Waals surface area (Å²) >= 11 is 0. The first-order chi connectivity index (χ1) is 23.8. The summed E-state index contributed by atoms with van der Waals surface area (Å²) in [5.74, 6) is 0. The summed E-state index contributed by atoms with van der Waals surface area (Å²) in [5, 5.41) is 0. The van der Waals surface area contributed by atoms with Crippen LogP contribution in [0.5, 0.6) is 0 Å². The van der Waals surface area contributed by atoms with Crippen LogP contribution in [0.15, 0.2) is 146 Å². The van der Waals surface area contributed by atoms with E-state index in [-0.39, 0.29) is 5.41 Å². The summed E-state index contributed by atoms with van der Waals surface area (Å²) in [7, 11) is 0. The molecule has 2 heteroatoms. The Bertz CT molecular complexity index is 1680. The van der Waals surface area contributed by atoms with Gasteiger partial charge in [-0.15, -0.1) is 0 Å².